The van der Waals surface area contributed by atoms with Crippen LogP contribution in [0.4, 0.5) is 11.4 Å². The molecule has 1 N–H and O–H groups in total. The summed E-state index contributed by atoms with van der Waals surface area (Å²) in [4.78, 5) is 31.5. The lowest BCUT2D eigenvalue weighted by molar-refractivity contribution is 0.0792. The summed E-state index contributed by atoms with van der Waals surface area (Å²) >= 11 is 0. The number of benzene rings is 2. The summed E-state index contributed by atoms with van der Waals surface area (Å²) in [6, 6.07) is 14.9. The highest BCUT2D eigenvalue weighted by Crippen LogP contribution is 2.20. The summed E-state index contributed by atoms with van der Waals surface area (Å²) in [5.41, 5.74) is 3.14. The zero-order valence-electron chi connectivity index (χ0n) is 16.9. The minimum absolute atomic E-state index is 0.0500. The number of anilines is 2. The Balaban J connectivity index is 1.35. The first-order valence-electron chi connectivity index (χ1n) is 10.3. The lowest BCUT2D eigenvalue weighted by Crippen LogP contribution is -2.44. The van der Waals surface area contributed by atoms with Crippen molar-refractivity contribution in [2.75, 3.05) is 56.5 Å². The molecule has 29 heavy (non-hydrogen) atoms. The third kappa shape index (κ3) is 4.59. The Kier molecular flexibility index (Phi) is 5.81. The Hall–Kier alpha value is -2.86. The van der Waals surface area contributed by atoms with E-state index in [1.807, 2.05) is 17.0 Å². The highest BCUT2D eigenvalue weighted by molar-refractivity contribution is 6.05. The van der Waals surface area contributed by atoms with E-state index in [0.717, 1.165) is 57.8 Å². The van der Waals surface area contributed by atoms with Gasteiger partial charge in [0.15, 0.2) is 0 Å². The smallest absolute Gasteiger partial charge is 0.255 e. The minimum Gasteiger partial charge on any atom is -0.369 e. The van der Waals surface area contributed by atoms with Gasteiger partial charge in [0.25, 0.3) is 11.8 Å². The number of hydrogen-bond acceptors (Lipinski definition) is 4. The fraction of sp³-hybridized carbons (Fsp3) is 0.391. The van der Waals surface area contributed by atoms with Gasteiger partial charge in [-0.05, 0) is 68.4 Å². The first kappa shape index (κ1) is 19.5. The molecule has 2 fully saturated rings. The zero-order chi connectivity index (χ0) is 20.2. The van der Waals surface area contributed by atoms with Crippen molar-refractivity contribution in [1.29, 1.82) is 0 Å². The molecule has 0 unspecified atom stereocenters. The molecule has 2 aliphatic heterocycles. The number of nitrogens with one attached hydrogen (secondary N) is 1. The highest BCUT2D eigenvalue weighted by Gasteiger charge is 2.19. The van der Waals surface area contributed by atoms with Crippen LogP contribution in [0.5, 0.6) is 0 Å². The molecular formula is C23H28N4O2. The van der Waals surface area contributed by atoms with E-state index in [2.05, 4.69) is 34.3 Å². The molecule has 0 spiro atoms. The van der Waals surface area contributed by atoms with E-state index in [4.69, 9.17) is 0 Å². The number of likely N-dealkylation sites (N-methyl/N-ethyl adjacent to an activating group) is 1. The first-order chi connectivity index (χ1) is 14.1. The maximum absolute atomic E-state index is 12.6. The maximum Gasteiger partial charge on any atom is 0.255 e. The number of piperazine rings is 1. The normalized spacial score (nSPS) is 17.4. The number of hydrogen-bond donors (Lipinski definition) is 1. The monoisotopic (exact) mass is 392 g/mol. The van der Waals surface area contributed by atoms with Gasteiger partial charge in [-0.15, -0.1) is 0 Å². The molecule has 0 bridgehead atoms. The van der Waals surface area contributed by atoms with Gasteiger partial charge in [0, 0.05) is 61.8 Å². The molecule has 6 nitrogen and oxygen atoms in total. The third-order valence-electron chi connectivity index (χ3n) is 5.78. The number of amides is 2. The predicted molar refractivity (Wildman–Crippen MR) is 116 cm³/mol. The van der Waals surface area contributed by atoms with Crippen LogP contribution in [0.15, 0.2) is 48.5 Å². The molecular weight excluding hydrogens is 364 g/mol. The second-order valence-electron chi connectivity index (χ2n) is 7.87. The van der Waals surface area contributed by atoms with Gasteiger partial charge in [-0.2, -0.15) is 0 Å². The quantitative estimate of drug-likeness (QED) is 0.869. The van der Waals surface area contributed by atoms with Gasteiger partial charge in [0.05, 0.1) is 0 Å². The largest absolute Gasteiger partial charge is 0.369 e. The summed E-state index contributed by atoms with van der Waals surface area (Å²) in [5, 5.41) is 2.94. The molecule has 0 aliphatic carbocycles. The molecule has 0 radical (unpaired) electrons. The Bertz CT molecular complexity index is 849. The van der Waals surface area contributed by atoms with Crippen LogP contribution in [-0.4, -0.2) is 67.9 Å². The van der Waals surface area contributed by atoms with Crippen LogP contribution in [0.2, 0.25) is 0 Å². The molecule has 0 saturated carbocycles. The van der Waals surface area contributed by atoms with Gasteiger partial charge < -0.3 is 20.0 Å². The summed E-state index contributed by atoms with van der Waals surface area (Å²) in [6.45, 7) is 5.81. The van der Waals surface area contributed by atoms with Gasteiger partial charge in [-0.1, -0.05) is 0 Å². The van der Waals surface area contributed by atoms with E-state index in [-0.39, 0.29) is 11.8 Å². The van der Waals surface area contributed by atoms with Crippen molar-refractivity contribution in [3.05, 3.63) is 59.7 Å². The molecule has 6 heteroatoms. The van der Waals surface area contributed by atoms with E-state index >= 15 is 0 Å². The lowest BCUT2D eigenvalue weighted by Gasteiger charge is -2.34. The van der Waals surface area contributed by atoms with Crippen molar-refractivity contribution in [3.63, 3.8) is 0 Å². The van der Waals surface area contributed by atoms with Crippen LogP contribution in [0, 0.1) is 0 Å². The second-order valence-corrected chi connectivity index (χ2v) is 7.87. The molecule has 2 saturated heterocycles. The predicted octanol–water partition coefficient (Wildman–Crippen LogP) is 2.93. The fourth-order valence-electron chi connectivity index (χ4n) is 3.89. The zero-order valence-corrected chi connectivity index (χ0v) is 16.9. The summed E-state index contributed by atoms with van der Waals surface area (Å²) in [7, 11) is 2.14. The van der Waals surface area contributed by atoms with Crippen molar-refractivity contribution in [3.8, 4) is 0 Å². The Labute approximate surface area is 172 Å². The minimum atomic E-state index is -0.169. The van der Waals surface area contributed by atoms with Crippen molar-refractivity contribution < 1.29 is 9.59 Å². The first-order valence-corrected chi connectivity index (χ1v) is 10.3. The number of carbonyl (C=O) groups excluding carboxylic acids is 2. The number of rotatable bonds is 4. The Morgan fingerprint density at radius 2 is 1.34 bits per heavy atom. The van der Waals surface area contributed by atoms with Crippen molar-refractivity contribution in [2.24, 2.45) is 0 Å². The molecule has 2 aromatic rings. The van der Waals surface area contributed by atoms with Crippen LogP contribution >= 0.6 is 0 Å². The van der Waals surface area contributed by atoms with Crippen LogP contribution in [0.1, 0.15) is 33.6 Å². The van der Waals surface area contributed by atoms with E-state index < -0.39 is 0 Å². The molecule has 2 amide bonds. The standard InChI is InChI=1S/C23H28N4O2/c1-25-14-16-26(17-15-25)21-10-8-20(9-11-21)24-22(28)18-4-6-19(7-5-18)23(29)27-12-2-3-13-27/h4-11H,2-3,12-17H2,1H3,(H,24,28). The number of likely N-dealkylation sites (tertiary alicyclic amines) is 1. The summed E-state index contributed by atoms with van der Waals surface area (Å²) < 4.78 is 0. The molecule has 0 aromatic heterocycles. The number of nitrogens with zero attached hydrogens (tertiary/aromatic N) is 3. The van der Waals surface area contributed by atoms with Gasteiger partial charge in [-0.3, -0.25) is 9.59 Å². The van der Waals surface area contributed by atoms with E-state index in [9.17, 15) is 9.59 Å². The third-order valence-corrected chi connectivity index (χ3v) is 5.78. The van der Waals surface area contributed by atoms with Crippen LogP contribution in [0.25, 0.3) is 0 Å². The Morgan fingerprint density at radius 1 is 0.759 bits per heavy atom. The molecule has 0 atom stereocenters. The van der Waals surface area contributed by atoms with Crippen LogP contribution in [-0.2, 0) is 0 Å². The molecule has 4 rings (SSSR count). The van der Waals surface area contributed by atoms with Crippen molar-refractivity contribution in [2.45, 2.75) is 12.8 Å². The summed E-state index contributed by atoms with van der Waals surface area (Å²) in [6.07, 6.45) is 2.14. The Morgan fingerprint density at radius 3 is 1.97 bits per heavy atom. The summed E-state index contributed by atoms with van der Waals surface area (Å²) in [5.74, 6) is -0.119. The lowest BCUT2D eigenvalue weighted by atomic mass is 10.1. The number of carbonyl (C=O) groups is 2. The molecule has 2 heterocycles. The van der Waals surface area contributed by atoms with Gasteiger partial charge >= 0.3 is 0 Å². The van der Waals surface area contributed by atoms with Gasteiger partial charge in [0.1, 0.15) is 0 Å². The van der Waals surface area contributed by atoms with Crippen LogP contribution < -0.4 is 10.2 Å². The fourth-order valence-corrected chi connectivity index (χ4v) is 3.89. The van der Waals surface area contributed by atoms with Crippen molar-refractivity contribution in [1.82, 2.24) is 9.80 Å². The maximum atomic E-state index is 12.6. The SMILES string of the molecule is CN1CCN(c2ccc(NC(=O)c3ccc(C(=O)N4CCCC4)cc3)cc2)CC1. The highest BCUT2D eigenvalue weighted by atomic mass is 16.2. The average Bonchev–Trinajstić information content (AvgIpc) is 3.29. The van der Waals surface area contributed by atoms with E-state index in [1.54, 1.807) is 24.3 Å². The van der Waals surface area contributed by atoms with E-state index in [1.165, 1.54) is 5.69 Å². The average molecular weight is 393 g/mol. The van der Waals surface area contributed by atoms with E-state index in [0.29, 0.717) is 11.1 Å². The van der Waals surface area contributed by atoms with Crippen LogP contribution in [0.3, 0.4) is 0 Å². The second kappa shape index (κ2) is 8.66. The topological polar surface area (TPSA) is 55.9 Å². The molecule has 2 aromatic carbocycles. The van der Waals surface area contributed by atoms with Gasteiger partial charge in [-0.25, -0.2) is 0 Å². The van der Waals surface area contributed by atoms with Crippen molar-refractivity contribution >= 4 is 23.2 Å². The molecule has 2 aliphatic rings. The molecule has 152 valence electrons. The van der Waals surface area contributed by atoms with Gasteiger partial charge in [0.2, 0.25) is 0 Å².